The molecule has 4 N–H and O–H groups in total. The molecule has 1 aliphatic carbocycles. The molecule has 0 saturated heterocycles. The Labute approximate surface area is 127 Å². The Balaban J connectivity index is 2.77. The van der Waals surface area contributed by atoms with Gasteiger partial charge in [0, 0.05) is 0 Å². The summed E-state index contributed by atoms with van der Waals surface area (Å²) in [7, 11) is -3.55. The molecule has 0 unspecified atom stereocenters. The summed E-state index contributed by atoms with van der Waals surface area (Å²) in [5.74, 6) is 0.308. The van der Waals surface area contributed by atoms with Crippen molar-refractivity contribution in [3.05, 3.63) is 0 Å². The van der Waals surface area contributed by atoms with E-state index < -0.39 is 15.6 Å². The number of hydrogen-bond donors (Lipinski definition) is 3. The smallest absolute Gasteiger partial charge is 0.214 e. The fourth-order valence-corrected chi connectivity index (χ4v) is 3.83. The number of hydrogen-bond acceptors (Lipinski definition) is 5. The molecular weight excluding hydrogens is 294 g/mol. The predicted octanol–water partition coefficient (Wildman–Crippen LogP) is 1.03. The molecule has 1 saturated carbocycles. The molecule has 0 aromatic carbocycles. The first-order valence-electron chi connectivity index (χ1n) is 7.32. The molecule has 1 aliphatic rings. The molecule has 1 rings (SSSR count). The van der Waals surface area contributed by atoms with Gasteiger partial charge in [-0.1, -0.05) is 12.1 Å². The maximum atomic E-state index is 12.2. The lowest BCUT2D eigenvalue weighted by Crippen LogP contribution is -2.59. The average molecular weight is 321 g/mol. The zero-order valence-corrected chi connectivity index (χ0v) is 13.8. The lowest BCUT2D eigenvalue weighted by atomic mass is 9.77. The summed E-state index contributed by atoms with van der Waals surface area (Å²) >= 11 is 0. The van der Waals surface area contributed by atoms with Crippen molar-refractivity contribution in [1.29, 1.82) is 0 Å². The van der Waals surface area contributed by atoms with Crippen LogP contribution in [0.4, 0.5) is 0 Å². The van der Waals surface area contributed by atoms with Gasteiger partial charge in [-0.25, -0.2) is 13.1 Å². The first kappa shape index (κ1) is 18.2. The summed E-state index contributed by atoms with van der Waals surface area (Å²) in [5.41, 5.74) is 4.78. The molecule has 0 amide bonds. The van der Waals surface area contributed by atoms with E-state index in [-0.39, 0.29) is 24.3 Å². The molecular formula is C13H27N3O4S. The van der Waals surface area contributed by atoms with Crippen LogP contribution in [0.15, 0.2) is 5.16 Å². The Morgan fingerprint density at radius 1 is 1.48 bits per heavy atom. The Morgan fingerprint density at radius 3 is 2.52 bits per heavy atom. The van der Waals surface area contributed by atoms with E-state index in [1.807, 2.05) is 13.8 Å². The van der Waals surface area contributed by atoms with Crippen LogP contribution in [0.1, 0.15) is 46.5 Å². The highest BCUT2D eigenvalue weighted by atomic mass is 32.2. The van der Waals surface area contributed by atoms with E-state index in [2.05, 4.69) is 16.8 Å². The highest BCUT2D eigenvalue weighted by Gasteiger charge is 2.41. The molecule has 1 fully saturated rings. The molecule has 0 aromatic rings. The van der Waals surface area contributed by atoms with E-state index in [1.54, 1.807) is 0 Å². The standard InChI is InChI=1S/C13H27N3O4S/c1-10(2)20-8-9-21(18,19)16-13(12(14)15-17)6-4-11(3)5-7-13/h10-11,16-17H,4-9H2,1-3H3,(H2,14,15). The molecule has 0 aromatic heterocycles. The maximum Gasteiger partial charge on any atom is 0.214 e. The average Bonchev–Trinajstić information content (AvgIpc) is 2.39. The van der Waals surface area contributed by atoms with Gasteiger partial charge in [-0.2, -0.15) is 0 Å². The van der Waals surface area contributed by atoms with Crippen molar-refractivity contribution >= 4 is 15.9 Å². The fraction of sp³-hybridized carbons (Fsp3) is 0.923. The van der Waals surface area contributed by atoms with Crippen LogP contribution >= 0.6 is 0 Å². The van der Waals surface area contributed by atoms with Gasteiger partial charge in [0.1, 0.15) is 0 Å². The van der Waals surface area contributed by atoms with E-state index in [0.717, 1.165) is 12.8 Å². The van der Waals surface area contributed by atoms with Crippen molar-refractivity contribution in [3.8, 4) is 0 Å². The van der Waals surface area contributed by atoms with Gasteiger partial charge in [-0.05, 0) is 45.4 Å². The molecule has 0 radical (unpaired) electrons. The van der Waals surface area contributed by atoms with Crippen LogP contribution in [-0.2, 0) is 14.8 Å². The minimum atomic E-state index is -3.55. The molecule has 7 nitrogen and oxygen atoms in total. The number of nitrogens with one attached hydrogen (secondary N) is 1. The molecule has 0 atom stereocenters. The molecule has 0 heterocycles. The zero-order valence-electron chi connectivity index (χ0n) is 13.0. The minimum Gasteiger partial charge on any atom is -0.409 e. The second-order valence-corrected chi connectivity index (χ2v) is 7.93. The lowest BCUT2D eigenvalue weighted by molar-refractivity contribution is 0.0910. The van der Waals surface area contributed by atoms with E-state index in [4.69, 9.17) is 15.7 Å². The third-order valence-corrected chi connectivity index (χ3v) is 5.29. The predicted molar refractivity (Wildman–Crippen MR) is 81.8 cm³/mol. The van der Waals surface area contributed by atoms with Gasteiger partial charge in [0.25, 0.3) is 0 Å². The van der Waals surface area contributed by atoms with Crippen molar-refractivity contribution in [1.82, 2.24) is 4.72 Å². The van der Waals surface area contributed by atoms with E-state index in [9.17, 15) is 8.42 Å². The fourth-order valence-electron chi connectivity index (χ4n) is 2.50. The summed E-state index contributed by atoms with van der Waals surface area (Å²) in [6.45, 7) is 5.93. The Kier molecular flexibility index (Phi) is 6.42. The van der Waals surface area contributed by atoms with Crippen LogP contribution in [0.25, 0.3) is 0 Å². The molecule has 8 heteroatoms. The van der Waals surface area contributed by atoms with Gasteiger partial charge in [0.15, 0.2) is 5.84 Å². The summed E-state index contributed by atoms with van der Waals surface area (Å²) < 4.78 is 32.3. The first-order valence-corrected chi connectivity index (χ1v) is 8.97. The van der Waals surface area contributed by atoms with Crippen molar-refractivity contribution in [2.45, 2.75) is 58.1 Å². The second-order valence-electron chi connectivity index (χ2n) is 6.09. The lowest BCUT2D eigenvalue weighted by Gasteiger charge is -2.38. The summed E-state index contributed by atoms with van der Waals surface area (Å²) in [6.07, 6.45) is 2.72. The van der Waals surface area contributed by atoms with Gasteiger partial charge in [-0.15, -0.1) is 0 Å². The van der Waals surface area contributed by atoms with Gasteiger partial charge in [-0.3, -0.25) is 0 Å². The maximum absolute atomic E-state index is 12.2. The number of nitrogens with two attached hydrogens (primary N) is 1. The number of ether oxygens (including phenoxy) is 1. The summed E-state index contributed by atoms with van der Waals surface area (Å²) in [6, 6.07) is 0. The SMILES string of the molecule is CC1CCC(NS(=O)(=O)CCOC(C)C)(C(N)=NO)CC1. The normalized spacial score (nSPS) is 28.0. The van der Waals surface area contributed by atoms with Gasteiger partial charge in [0.05, 0.1) is 24.0 Å². The molecule has 0 aliphatic heterocycles. The highest BCUT2D eigenvalue weighted by Crippen LogP contribution is 2.32. The van der Waals surface area contributed by atoms with Gasteiger partial charge >= 0.3 is 0 Å². The van der Waals surface area contributed by atoms with Crippen LogP contribution in [-0.4, -0.2) is 43.5 Å². The van der Waals surface area contributed by atoms with Crippen molar-refractivity contribution in [2.24, 2.45) is 16.8 Å². The molecule has 124 valence electrons. The van der Waals surface area contributed by atoms with Gasteiger partial charge in [0.2, 0.25) is 10.0 Å². The van der Waals surface area contributed by atoms with Gasteiger partial charge < -0.3 is 15.7 Å². The van der Waals surface area contributed by atoms with Crippen molar-refractivity contribution in [2.75, 3.05) is 12.4 Å². The Morgan fingerprint density at radius 2 is 2.05 bits per heavy atom. The molecule has 21 heavy (non-hydrogen) atoms. The first-order chi connectivity index (χ1) is 9.71. The quantitative estimate of drug-likeness (QED) is 0.280. The number of amidine groups is 1. The zero-order chi connectivity index (χ0) is 16.1. The Bertz CT molecular complexity index is 454. The second kappa shape index (κ2) is 7.42. The topological polar surface area (TPSA) is 114 Å². The van der Waals surface area contributed by atoms with Crippen LogP contribution in [0, 0.1) is 5.92 Å². The third kappa shape index (κ3) is 5.44. The van der Waals surface area contributed by atoms with Crippen molar-refractivity contribution < 1.29 is 18.4 Å². The number of oxime groups is 1. The number of nitrogens with zero attached hydrogens (tertiary/aromatic N) is 1. The van der Waals surface area contributed by atoms with Crippen LogP contribution < -0.4 is 10.5 Å². The minimum absolute atomic E-state index is 0.0197. The molecule has 0 spiro atoms. The van der Waals surface area contributed by atoms with E-state index in [1.165, 1.54) is 0 Å². The van der Waals surface area contributed by atoms with Crippen LogP contribution in [0.2, 0.25) is 0 Å². The highest BCUT2D eigenvalue weighted by molar-refractivity contribution is 7.89. The summed E-state index contributed by atoms with van der Waals surface area (Å²) in [4.78, 5) is 0. The number of rotatable bonds is 7. The molecule has 0 bridgehead atoms. The largest absolute Gasteiger partial charge is 0.409 e. The Hall–Kier alpha value is -0.860. The summed E-state index contributed by atoms with van der Waals surface area (Å²) in [5, 5.41) is 12.0. The van der Waals surface area contributed by atoms with E-state index >= 15 is 0 Å². The third-order valence-electron chi connectivity index (χ3n) is 3.88. The monoisotopic (exact) mass is 321 g/mol. The van der Waals surface area contributed by atoms with Crippen LogP contribution in [0.3, 0.4) is 0 Å². The number of sulfonamides is 1. The van der Waals surface area contributed by atoms with E-state index in [0.29, 0.717) is 18.8 Å². The van der Waals surface area contributed by atoms with Crippen LogP contribution in [0.5, 0.6) is 0 Å². The van der Waals surface area contributed by atoms with Crippen molar-refractivity contribution in [3.63, 3.8) is 0 Å².